The summed E-state index contributed by atoms with van der Waals surface area (Å²) >= 11 is 0. The van der Waals surface area contributed by atoms with Gasteiger partial charge in [-0.05, 0) is 27.2 Å². The Balaban J connectivity index is 4.50. The molecule has 0 spiro atoms. The topological polar surface area (TPSA) is 51.2 Å². The fourth-order valence-corrected chi connectivity index (χ4v) is 0.948. The lowest BCUT2D eigenvalue weighted by Crippen LogP contribution is -2.33. The first kappa shape index (κ1) is 11.0. The number of Topliss-reactive ketones (excluding diaryl/α,β-unsaturated/α-hetero) is 2. The molecule has 0 fully saturated rings. The Morgan fingerprint density at radius 2 is 1.67 bits per heavy atom. The first-order valence-corrected chi connectivity index (χ1v) is 3.91. The second-order valence-corrected chi connectivity index (χ2v) is 3.15. The van der Waals surface area contributed by atoms with Crippen LogP contribution in [0.2, 0.25) is 0 Å². The van der Waals surface area contributed by atoms with Gasteiger partial charge >= 0.3 is 0 Å². The van der Waals surface area contributed by atoms with Crippen molar-refractivity contribution in [3.63, 3.8) is 0 Å². The Kier molecular flexibility index (Phi) is 3.80. The molecule has 0 saturated heterocycles. The van der Waals surface area contributed by atoms with Gasteiger partial charge in [-0.25, -0.2) is 0 Å². The third kappa shape index (κ3) is 2.26. The zero-order valence-electron chi connectivity index (χ0n) is 7.72. The van der Waals surface area contributed by atoms with Crippen molar-refractivity contribution in [2.45, 2.75) is 33.6 Å². The maximum Gasteiger partial charge on any atom is 0.143 e. The normalized spacial score (nSPS) is 10.9. The zero-order chi connectivity index (χ0) is 9.78. The van der Waals surface area contributed by atoms with Gasteiger partial charge in [0.2, 0.25) is 0 Å². The summed E-state index contributed by atoms with van der Waals surface area (Å²) in [6, 6.07) is 0. The summed E-state index contributed by atoms with van der Waals surface area (Å²) in [5.41, 5.74) is -0.957. The molecule has 0 aromatic carbocycles. The molecule has 0 N–H and O–H groups in total. The predicted octanol–water partition coefficient (Wildman–Crippen LogP) is 1.15. The fraction of sp³-hybridized carbons (Fsp3) is 0.667. The van der Waals surface area contributed by atoms with Gasteiger partial charge in [-0.1, -0.05) is 0 Å². The van der Waals surface area contributed by atoms with Gasteiger partial charge in [0.15, 0.2) is 0 Å². The van der Waals surface area contributed by atoms with Crippen LogP contribution in [0.25, 0.3) is 0 Å². The van der Waals surface area contributed by atoms with Gasteiger partial charge in [-0.3, -0.25) is 9.59 Å². The summed E-state index contributed by atoms with van der Waals surface area (Å²) in [4.78, 5) is 32.2. The van der Waals surface area contributed by atoms with E-state index in [2.05, 4.69) is 0 Å². The van der Waals surface area contributed by atoms with E-state index < -0.39 is 5.41 Å². The van der Waals surface area contributed by atoms with E-state index in [0.29, 0.717) is 6.42 Å². The molecule has 0 amide bonds. The zero-order valence-corrected chi connectivity index (χ0v) is 7.72. The quantitative estimate of drug-likeness (QED) is 0.459. The van der Waals surface area contributed by atoms with Gasteiger partial charge in [-0.15, -0.1) is 0 Å². The van der Waals surface area contributed by atoms with Crippen molar-refractivity contribution >= 4 is 17.9 Å². The largest absolute Gasteiger partial charge is 0.303 e. The maximum atomic E-state index is 11.1. The van der Waals surface area contributed by atoms with Crippen molar-refractivity contribution < 1.29 is 14.4 Å². The highest BCUT2D eigenvalue weighted by Gasteiger charge is 2.34. The van der Waals surface area contributed by atoms with Gasteiger partial charge in [0.1, 0.15) is 17.9 Å². The molecule has 0 heterocycles. The number of hydrogen-bond donors (Lipinski definition) is 0. The Hall–Kier alpha value is -0.990. The monoisotopic (exact) mass is 170 g/mol. The third-order valence-electron chi connectivity index (χ3n) is 2.32. The molecule has 0 aromatic rings. The molecule has 0 atom stereocenters. The SMILES string of the molecule is CC(=O)C(C)(CCC=O)C(C)=O. The van der Waals surface area contributed by atoms with Gasteiger partial charge in [0, 0.05) is 6.42 Å². The number of hydrogen-bond acceptors (Lipinski definition) is 3. The van der Waals surface area contributed by atoms with E-state index in [1.807, 2.05) is 0 Å². The molecule has 3 nitrogen and oxygen atoms in total. The summed E-state index contributed by atoms with van der Waals surface area (Å²) in [6.07, 6.45) is 1.31. The van der Waals surface area contributed by atoms with Gasteiger partial charge < -0.3 is 4.79 Å². The summed E-state index contributed by atoms with van der Waals surface area (Å²) in [5, 5.41) is 0. The Morgan fingerprint density at radius 1 is 1.25 bits per heavy atom. The number of carbonyl (C=O) groups excluding carboxylic acids is 3. The molecule has 0 rings (SSSR count). The molecule has 0 aliphatic carbocycles. The van der Waals surface area contributed by atoms with E-state index in [-0.39, 0.29) is 18.0 Å². The Labute approximate surface area is 72.1 Å². The highest BCUT2D eigenvalue weighted by Crippen LogP contribution is 2.24. The van der Waals surface area contributed by atoms with Crippen LogP contribution in [0.15, 0.2) is 0 Å². The first-order valence-electron chi connectivity index (χ1n) is 3.91. The maximum absolute atomic E-state index is 11.1. The van der Waals surface area contributed by atoms with E-state index in [1.165, 1.54) is 13.8 Å². The van der Waals surface area contributed by atoms with Crippen molar-refractivity contribution in [2.75, 3.05) is 0 Å². The van der Waals surface area contributed by atoms with Crippen LogP contribution in [0.1, 0.15) is 33.6 Å². The summed E-state index contributed by atoms with van der Waals surface area (Å²) in [6.45, 7) is 4.35. The lowest BCUT2D eigenvalue weighted by molar-refractivity contribution is -0.137. The van der Waals surface area contributed by atoms with Crippen LogP contribution in [0.5, 0.6) is 0 Å². The molecule has 3 heteroatoms. The van der Waals surface area contributed by atoms with Crippen molar-refractivity contribution in [2.24, 2.45) is 5.41 Å². The number of aldehydes is 1. The molecule has 0 bridgehead atoms. The van der Waals surface area contributed by atoms with Gasteiger partial charge in [0.25, 0.3) is 0 Å². The van der Waals surface area contributed by atoms with Crippen LogP contribution in [-0.2, 0) is 14.4 Å². The predicted molar refractivity (Wildman–Crippen MR) is 44.8 cm³/mol. The average molecular weight is 170 g/mol. The molecule has 0 radical (unpaired) electrons. The minimum absolute atomic E-state index is 0.170. The van der Waals surface area contributed by atoms with Crippen molar-refractivity contribution in [3.8, 4) is 0 Å². The molecule has 0 unspecified atom stereocenters. The van der Waals surface area contributed by atoms with Crippen LogP contribution >= 0.6 is 0 Å². The second kappa shape index (κ2) is 4.14. The van der Waals surface area contributed by atoms with E-state index in [1.54, 1.807) is 6.92 Å². The Morgan fingerprint density at radius 3 is 1.92 bits per heavy atom. The van der Waals surface area contributed by atoms with Crippen LogP contribution in [0, 0.1) is 5.41 Å². The lowest BCUT2D eigenvalue weighted by Gasteiger charge is -2.21. The summed E-state index contributed by atoms with van der Waals surface area (Å²) in [5.74, 6) is -0.339. The second-order valence-electron chi connectivity index (χ2n) is 3.15. The molecule has 0 saturated carbocycles. The highest BCUT2D eigenvalue weighted by molar-refractivity contribution is 6.04. The molecule has 0 aliphatic rings. The number of carbonyl (C=O) groups is 3. The molecule has 0 aliphatic heterocycles. The van der Waals surface area contributed by atoms with E-state index in [9.17, 15) is 14.4 Å². The van der Waals surface area contributed by atoms with Crippen molar-refractivity contribution in [1.82, 2.24) is 0 Å². The van der Waals surface area contributed by atoms with Crippen molar-refractivity contribution in [1.29, 1.82) is 0 Å². The lowest BCUT2D eigenvalue weighted by atomic mass is 9.78. The first-order chi connectivity index (χ1) is 5.45. The molecular weight excluding hydrogens is 156 g/mol. The number of ketones is 2. The van der Waals surface area contributed by atoms with Crippen LogP contribution in [0.4, 0.5) is 0 Å². The van der Waals surface area contributed by atoms with Crippen molar-refractivity contribution in [3.05, 3.63) is 0 Å². The third-order valence-corrected chi connectivity index (χ3v) is 2.32. The molecular formula is C9H14O3. The van der Waals surface area contributed by atoms with Gasteiger partial charge in [-0.2, -0.15) is 0 Å². The summed E-state index contributed by atoms with van der Waals surface area (Å²) < 4.78 is 0. The average Bonchev–Trinajstić information content (AvgIpc) is 1.99. The van der Waals surface area contributed by atoms with Gasteiger partial charge in [0.05, 0.1) is 5.41 Å². The fourth-order valence-electron chi connectivity index (χ4n) is 0.948. The van der Waals surface area contributed by atoms with E-state index in [0.717, 1.165) is 6.29 Å². The van der Waals surface area contributed by atoms with Crippen LogP contribution < -0.4 is 0 Å². The van der Waals surface area contributed by atoms with E-state index in [4.69, 9.17) is 0 Å². The number of rotatable bonds is 5. The standard InChI is InChI=1S/C9H14O3/c1-7(11)9(3,8(2)12)5-4-6-10/h6H,4-5H2,1-3H3. The summed E-state index contributed by atoms with van der Waals surface area (Å²) in [7, 11) is 0. The molecule has 0 aromatic heterocycles. The molecule has 12 heavy (non-hydrogen) atoms. The van der Waals surface area contributed by atoms with E-state index >= 15 is 0 Å². The Bertz CT molecular complexity index is 192. The van der Waals surface area contributed by atoms with Crippen LogP contribution in [-0.4, -0.2) is 17.9 Å². The minimum atomic E-state index is -0.957. The smallest absolute Gasteiger partial charge is 0.143 e. The minimum Gasteiger partial charge on any atom is -0.303 e. The highest BCUT2D eigenvalue weighted by atomic mass is 16.2. The molecule has 68 valence electrons. The van der Waals surface area contributed by atoms with Crippen LogP contribution in [0.3, 0.4) is 0 Å².